The molecule has 5 heteroatoms. The Hall–Kier alpha value is -0.810. The summed E-state index contributed by atoms with van der Waals surface area (Å²) in [6, 6.07) is 0. The van der Waals surface area contributed by atoms with Crippen molar-refractivity contribution >= 4 is 11.8 Å². The van der Waals surface area contributed by atoms with Crippen LogP contribution in [0.25, 0.3) is 0 Å². The van der Waals surface area contributed by atoms with E-state index in [2.05, 4.69) is 21.3 Å². The lowest BCUT2D eigenvalue weighted by Gasteiger charge is -2.24. The van der Waals surface area contributed by atoms with Crippen molar-refractivity contribution in [2.75, 3.05) is 5.75 Å². The second-order valence-electron chi connectivity index (χ2n) is 5.23. The number of allylic oxidation sites excluding steroid dienone is 1. The van der Waals surface area contributed by atoms with Crippen molar-refractivity contribution in [3.63, 3.8) is 0 Å². The smallest absolute Gasteiger partial charge is 0.191 e. The quantitative estimate of drug-likeness (QED) is 0.588. The summed E-state index contributed by atoms with van der Waals surface area (Å²) in [5, 5.41) is 19.8. The van der Waals surface area contributed by atoms with Crippen LogP contribution in [0.5, 0.6) is 0 Å². The number of aliphatic hydroxyl groups is 1. The minimum Gasteiger partial charge on any atom is -0.389 e. The molecule has 106 valence electrons. The highest BCUT2D eigenvalue weighted by molar-refractivity contribution is 7.99. The van der Waals surface area contributed by atoms with E-state index in [1.54, 1.807) is 11.8 Å². The number of nitrogens with zero attached hydrogens (tertiary/aromatic N) is 3. The standard InChI is InChI=1S/C14H23N3OS/c1-4-9-17-12(11-7-8-11)15-16-13(17)19-10-14(18,5-2)6-3/h4,11,18H,1,5-10H2,2-3H3. The molecule has 1 aliphatic carbocycles. The molecule has 0 atom stereocenters. The third-order valence-corrected chi connectivity index (χ3v) is 5.03. The van der Waals surface area contributed by atoms with Gasteiger partial charge in [0.15, 0.2) is 5.16 Å². The molecule has 0 aromatic carbocycles. The monoisotopic (exact) mass is 281 g/mol. The van der Waals surface area contributed by atoms with Gasteiger partial charge in [-0.05, 0) is 25.7 Å². The van der Waals surface area contributed by atoms with Crippen molar-refractivity contribution in [2.24, 2.45) is 0 Å². The predicted molar refractivity (Wildman–Crippen MR) is 78.4 cm³/mol. The van der Waals surface area contributed by atoms with Crippen LogP contribution in [0.15, 0.2) is 17.8 Å². The van der Waals surface area contributed by atoms with Crippen molar-refractivity contribution in [2.45, 2.75) is 62.8 Å². The van der Waals surface area contributed by atoms with Gasteiger partial charge in [-0.25, -0.2) is 0 Å². The summed E-state index contributed by atoms with van der Waals surface area (Å²) in [6.07, 6.45) is 5.84. The van der Waals surface area contributed by atoms with Crippen LogP contribution in [0, 0.1) is 0 Å². The Morgan fingerprint density at radius 1 is 1.42 bits per heavy atom. The largest absolute Gasteiger partial charge is 0.389 e. The number of thioether (sulfide) groups is 1. The molecule has 0 radical (unpaired) electrons. The average molecular weight is 281 g/mol. The highest BCUT2D eigenvalue weighted by Gasteiger charge is 2.31. The van der Waals surface area contributed by atoms with E-state index >= 15 is 0 Å². The summed E-state index contributed by atoms with van der Waals surface area (Å²) < 4.78 is 2.14. The Balaban J connectivity index is 2.09. The zero-order valence-corrected chi connectivity index (χ0v) is 12.6. The zero-order chi connectivity index (χ0) is 13.9. The first-order valence-corrected chi connectivity index (χ1v) is 8.01. The van der Waals surface area contributed by atoms with E-state index in [-0.39, 0.29) is 0 Å². The fourth-order valence-corrected chi connectivity index (χ4v) is 3.23. The first-order valence-electron chi connectivity index (χ1n) is 7.02. The number of rotatable bonds is 8. The molecule has 1 N–H and O–H groups in total. The second-order valence-corrected chi connectivity index (χ2v) is 6.18. The van der Waals surface area contributed by atoms with E-state index in [0.717, 1.165) is 30.4 Å². The molecular formula is C14H23N3OS. The van der Waals surface area contributed by atoms with Crippen LogP contribution in [0.1, 0.15) is 51.3 Å². The maximum absolute atomic E-state index is 10.3. The molecule has 19 heavy (non-hydrogen) atoms. The van der Waals surface area contributed by atoms with Crippen molar-refractivity contribution < 1.29 is 5.11 Å². The van der Waals surface area contributed by atoms with Crippen LogP contribution in [-0.2, 0) is 6.54 Å². The van der Waals surface area contributed by atoms with Crippen molar-refractivity contribution in [3.8, 4) is 0 Å². The van der Waals surface area contributed by atoms with Gasteiger partial charge in [-0.2, -0.15) is 0 Å². The van der Waals surface area contributed by atoms with Gasteiger partial charge >= 0.3 is 0 Å². The number of hydrogen-bond donors (Lipinski definition) is 1. The molecule has 1 fully saturated rings. The lowest BCUT2D eigenvalue weighted by molar-refractivity contribution is 0.0571. The van der Waals surface area contributed by atoms with E-state index in [0.29, 0.717) is 11.7 Å². The van der Waals surface area contributed by atoms with E-state index < -0.39 is 5.60 Å². The number of aromatic nitrogens is 3. The van der Waals surface area contributed by atoms with Gasteiger partial charge in [0.2, 0.25) is 0 Å². The van der Waals surface area contributed by atoms with Gasteiger partial charge in [0.1, 0.15) is 5.82 Å². The first-order chi connectivity index (χ1) is 9.13. The van der Waals surface area contributed by atoms with Crippen molar-refractivity contribution in [3.05, 3.63) is 18.5 Å². The normalized spacial score (nSPS) is 15.7. The zero-order valence-electron chi connectivity index (χ0n) is 11.8. The minimum atomic E-state index is -0.602. The Morgan fingerprint density at radius 3 is 2.63 bits per heavy atom. The van der Waals surface area contributed by atoms with Gasteiger partial charge in [-0.3, -0.25) is 0 Å². The van der Waals surface area contributed by atoms with Gasteiger partial charge in [-0.1, -0.05) is 31.7 Å². The summed E-state index contributed by atoms with van der Waals surface area (Å²) >= 11 is 1.60. The summed E-state index contributed by atoms with van der Waals surface area (Å²) in [4.78, 5) is 0. The summed E-state index contributed by atoms with van der Waals surface area (Å²) in [5.41, 5.74) is -0.602. The molecule has 0 saturated heterocycles. The minimum absolute atomic E-state index is 0.582. The molecule has 0 unspecified atom stereocenters. The Bertz CT molecular complexity index is 436. The van der Waals surface area contributed by atoms with E-state index in [4.69, 9.17) is 0 Å². The van der Waals surface area contributed by atoms with Crippen LogP contribution < -0.4 is 0 Å². The first kappa shape index (κ1) is 14.6. The topological polar surface area (TPSA) is 50.9 Å². The Kier molecular flexibility index (Phi) is 4.68. The number of hydrogen-bond acceptors (Lipinski definition) is 4. The summed E-state index contributed by atoms with van der Waals surface area (Å²) in [6.45, 7) is 8.60. The molecule has 1 aliphatic rings. The summed E-state index contributed by atoms with van der Waals surface area (Å²) in [7, 11) is 0. The van der Waals surface area contributed by atoms with Crippen LogP contribution >= 0.6 is 11.8 Å². The molecule has 1 aromatic heterocycles. The summed E-state index contributed by atoms with van der Waals surface area (Å²) in [5.74, 6) is 2.33. The third-order valence-electron chi connectivity index (χ3n) is 3.79. The lowest BCUT2D eigenvalue weighted by Crippen LogP contribution is -2.29. The lowest BCUT2D eigenvalue weighted by atomic mass is 10.0. The fraction of sp³-hybridized carbons (Fsp3) is 0.714. The van der Waals surface area contributed by atoms with E-state index in [1.807, 2.05) is 19.9 Å². The van der Waals surface area contributed by atoms with Gasteiger partial charge < -0.3 is 9.67 Å². The predicted octanol–water partition coefficient (Wildman–Crippen LogP) is 2.98. The van der Waals surface area contributed by atoms with Crippen LogP contribution in [0.4, 0.5) is 0 Å². The molecule has 0 bridgehead atoms. The Morgan fingerprint density at radius 2 is 2.11 bits per heavy atom. The maximum Gasteiger partial charge on any atom is 0.191 e. The second kappa shape index (κ2) is 6.09. The highest BCUT2D eigenvalue weighted by atomic mass is 32.2. The molecule has 1 saturated carbocycles. The highest BCUT2D eigenvalue weighted by Crippen LogP contribution is 2.40. The molecular weight excluding hydrogens is 258 g/mol. The van der Waals surface area contributed by atoms with Crippen LogP contribution in [0.2, 0.25) is 0 Å². The van der Waals surface area contributed by atoms with Crippen molar-refractivity contribution in [1.29, 1.82) is 0 Å². The molecule has 4 nitrogen and oxygen atoms in total. The molecule has 0 spiro atoms. The van der Waals surface area contributed by atoms with Gasteiger partial charge in [-0.15, -0.1) is 16.8 Å². The van der Waals surface area contributed by atoms with Crippen LogP contribution in [-0.4, -0.2) is 31.2 Å². The van der Waals surface area contributed by atoms with Gasteiger partial charge in [0.25, 0.3) is 0 Å². The van der Waals surface area contributed by atoms with Crippen LogP contribution in [0.3, 0.4) is 0 Å². The molecule has 0 aliphatic heterocycles. The SMILES string of the molecule is C=CCn1c(SCC(O)(CC)CC)nnc1C1CC1. The Labute approximate surface area is 119 Å². The maximum atomic E-state index is 10.3. The molecule has 0 amide bonds. The van der Waals surface area contributed by atoms with Crippen molar-refractivity contribution in [1.82, 2.24) is 14.8 Å². The molecule has 2 rings (SSSR count). The van der Waals surface area contributed by atoms with E-state index in [1.165, 1.54) is 12.8 Å². The van der Waals surface area contributed by atoms with Gasteiger partial charge in [0, 0.05) is 18.2 Å². The molecule has 1 aromatic rings. The third kappa shape index (κ3) is 3.39. The van der Waals surface area contributed by atoms with E-state index in [9.17, 15) is 5.11 Å². The average Bonchev–Trinajstić information content (AvgIpc) is 3.20. The molecule has 1 heterocycles. The van der Waals surface area contributed by atoms with Gasteiger partial charge in [0.05, 0.1) is 5.60 Å². The fourth-order valence-electron chi connectivity index (χ4n) is 2.00.